The molecule has 1 aromatic heterocycles. The van der Waals surface area contributed by atoms with Crippen LogP contribution in [0.4, 0.5) is 18.9 Å². The Morgan fingerprint density at radius 2 is 1.52 bits per heavy atom. The maximum atomic E-state index is 13.2. The maximum absolute atomic E-state index is 13.2. The zero-order valence-electron chi connectivity index (χ0n) is 16.3. The van der Waals surface area contributed by atoms with E-state index in [1.54, 1.807) is 24.3 Å². The number of amides is 1. The van der Waals surface area contributed by atoms with Gasteiger partial charge >= 0.3 is 6.18 Å². The number of nitrogens with one attached hydrogen (secondary N) is 1. The van der Waals surface area contributed by atoms with Crippen molar-refractivity contribution in [3.8, 4) is 11.3 Å². The molecular formula is C23H21F3N2O. The van der Waals surface area contributed by atoms with E-state index < -0.39 is 11.7 Å². The van der Waals surface area contributed by atoms with Crippen molar-refractivity contribution in [2.45, 2.75) is 32.4 Å². The third kappa shape index (κ3) is 4.83. The topological polar surface area (TPSA) is 42.0 Å². The summed E-state index contributed by atoms with van der Waals surface area (Å²) in [4.78, 5) is 16.3. The first-order valence-electron chi connectivity index (χ1n) is 9.10. The second-order valence-electron chi connectivity index (χ2n) is 7.76. The molecule has 0 atom stereocenters. The Morgan fingerprint density at radius 1 is 0.897 bits per heavy atom. The molecule has 0 radical (unpaired) electrons. The number of alkyl halides is 3. The zero-order valence-corrected chi connectivity index (χ0v) is 16.3. The molecule has 0 fully saturated rings. The minimum atomic E-state index is -4.49. The molecule has 3 nitrogen and oxygen atoms in total. The summed E-state index contributed by atoms with van der Waals surface area (Å²) in [5, 5.41) is 2.76. The molecular weight excluding hydrogens is 377 g/mol. The standard InChI is InChI=1S/C23H21F3N2O/c1-22(2,3)17-10-6-16(7-11-17)21(29)28-18-12-8-15(9-13-18)20-19(23(24,25)26)5-4-14-27-20/h4-14H,1-3H3,(H,28,29). The second kappa shape index (κ2) is 7.70. The average molecular weight is 398 g/mol. The predicted octanol–water partition coefficient (Wildman–Crippen LogP) is 6.32. The van der Waals surface area contributed by atoms with Gasteiger partial charge < -0.3 is 5.32 Å². The van der Waals surface area contributed by atoms with Gasteiger partial charge in [-0.25, -0.2) is 0 Å². The van der Waals surface area contributed by atoms with Crippen molar-refractivity contribution in [2.24, 2.45) is 0 Å². The predicted molar refractivity (Wildman–Crippen MR) is 108 cm³/mol. The quantitative estimate of drug-likeness (QED) is 0.561. The van der Waals surface area contributed by atoms with Crippen LogP contribution in [0.3, 0.4) is 0 Å². The Hall–Kier alpha value is -3.15. The van der Waals surface area contributed by atoms with Gasteiger partial charge in [-0.2, -0.15) is 13.2 Å². The fourth-order valence-corrected chi connectivity index (χ4v) is 2.90. The minimum Gasteiger partial charge on any atom is -0.322 e. The number of hydrogen-bond acceptors (Lipinski definition) is 2. The van der Waals surface area contributed by atoms with Gasteiger partial charge in [-0.15, -0.1) is 0 Å². The van der Waals surface area contributed by atoms with Gasteiger partial charge in [0.1, 0.15) is 0 Å². The molecule has 3 rings (SSSR count). The second-order valence-corrected chi connectivity index (χ2v) is 7.76. The first-order chi connectivity index (χ1) is 13.6. The van der Waals surface area contributed by atoms with Crippen molar-refractivity contribution >= 4 is 11.6 Å². The zero-order chi connectivity index (χ0) is 21.2. The summed E-state index contributed by atoms with van der Waals surface area (Å²) < 4.78 is 39.5. The molecule has 6 heteroatoms. The lowest BCUT2D eigenvalue weighted by Gasteiger charge is -2.19. The van der Waals surface area contributed by atoms with Crippen molar-refractivity contribution in [1.82, 2.24) is 4.98 Å². The molecule has 0 unspecified atom stereocenters. The van der Waals surface area contributed by atoms with E-state index in [2.05, 4.69) is 31.1 Å². The van der Waals surface area contributed by atoms with Crippen LogP contribution in [0.25, 0.3) is 11.3 Å². The van der Waals surface area contributed by atoms with Crippen molar-refractivity contribution in [1.29, 1.82) is 0 Å². The van der Waals surface area contributed by atoms with Crippen LogP contribution in [-0.2, 0) is 11.6 Å². The van der Waals surface area contributed by atoms with E-state index in [1.165, 1.54) is 24.4 Å². The average Bonchev–Trinajstić information content (AvgIpc) is 2.67. The molecule has 0 saturated heterocycles. The van der Waals surface area contributed by atoms with Crippen LogP contribution in [0.5, 0.6) is 0 Å². The summed E-state index contributed by atoms with van der Waals surface area (Å²) in [6.45, 7) is 6.28. The van der Waals surface area contributed by atoms with Crippen LogP contribution in [-0.4, -0.2) is 10.9 Å². The number of anilines is 1. The fraction of sp³-hybridized carbons (Fsp3) is 0.217. The number of benzene rings is 2. The Labute approximate surface area is 167 Å². The summed E-state index contributed by atoms with van der Waals surface area (Å²) in [6, 6.07) is 15.7. The summed E-state index contributed by atoms with van der Waals surface area (Å²) in [5.74, 6) is -0.285. The number of hydrogen-bond donors (Lipinski definition) is 1. The Bertz CT molecular complexity index is 1000. The molecule has 3 aromatic rings. The number of carbonyl (C=O) groups is 1. The number of carbonyl (C=O) groups excluding carboxylic acids is 1. The molecule has 0 saturated carbocycles. The molecule has 0 aliphatic rings. The SMILES string of the molecule is CC(C)(C)c1ccc(C(=O)Nc2ccc(-c3ncccc3C(F)(F)F)cc2)cc1. The van der Waals surface area contributed by atoms with Gasteiger partial charge in [-0.05, 0) is 47.4 Å². The lowest BCUT2D eigenvalue weighted by molar-refractivity contribution is -0.137. The van der Waals surface area contributed by atoms with E-state index in [9.17, 15) is 18.0 Å². The Morgan fingerprint density at radius 3 is 2.07 bits per heavy atom. The highest BCUT2D eigenvalue weighted by Crippen LogP contribution is 2.35. The Balaban J connectivity index is 1.77. The van der Waals surface area contributed by atoms with Gasteiger partial charge in [-0.3, -0.25) is 9.78 Å². The van der Waals surface area contributed by atoms with Gasteiger partial charge in [0.2, 0.25) is 0 Å². The third-order valence-electron chi connectivity index (χ3n) is 4.54. The highest BCUT2D eigenvalue weighted by atomic mass is 19.4. The van der Waals surface area contributed by atoms with E-state index in [0.717, 1.165) is 11.6 Å². The monoisotopic (exact) mass is 398 g/mol. The largest absolute Gasteiger partial charge is 0.418 e. The lowest BCUT2D eigenvalue weighted by Crippen LogP contribution is -2.14. The third-order valence-corrected chi connectivity index (χ3v) is 4.54. The summed E-state index contributed by atoms with van der Waals surface area (Å²) >= 11 is 0. The van der Waals surface area contributed by atoms with Crippen LogP contribution in [0, 0.1) is 0 Å². The smallest absolute Gasteiger partial charge is 0.322 e. The summed E-state index contributed by atoms with van der Waals surface area (Å²) in [6.07, 6.45) is -3.17. The highest BCUT2D eigenvalue weighted by molar-refractivity contribution is 6.04. The van der Waals surface area contributed by atoms with E-state index >= 15 is 0 Å². The van der Waals surface area contributed by atoms with E-state index in [-0.39, 0.29) is 17.0 Å². The van der Waals surface area contributed by atoms with Crippen LogP contribution < -0.4 is 5.32 Å². The van der Waals surface area contributed by atoms with Crippen LogP contribution in [0.2, 0.25) is 0 Å². The molecule has 2 aromatic carbocycles. The minimum absolute atomic E-state index is 0.00835. The molecule has 150 valence electrons. The highest BCUT2D eigenvalue weighted by Gasteiger charge is 2.34. The number of pyridine rings is 1. The van der Waals surface area contributed by atoms with Crippen molar-refractivity contribution in [3.63, 3.8) is 0 Å². The number of nitrogens with zero attached hydrogens (tertiary/aromatic N) is 1. The summed E-state index contributed by atoms with van der Waals surface area (Å²) in [7, 11) is 0. The van der Waals surface area contributed by atoms with Gasteiger partial charge in [0.05, 0.1) is 11.3 Å². The lowest BCUT2D eigenvalue weighted by atomic mass is 9.87. The molecule has 29 heavy (non-hydrogen) atoms. The normalized spacial score (nSPS) is 11.9. The number of rotatable bonds is 3. The molecule has 0 aliphatic carbocycles. The first kappa shape index (κ1) is 20.6. The molecule has 0 bridgehead atoms. The Kier molecular flexibility index (Phi) is 5.46. The van der Waals surface area contributed by atoms with E-state index in [4.69, 9.17) is 0 Å². The number of aromatic nitrogens is 1. The number of halogens is 3. The van der Waals surface area contributed by atoms with Gasteiger partial charge in [0.25, 0.3) is 5.91 Å². The molecule has 0 aliphatic heterocycles. The molecule has 1 N–H and O–H groups in total. The molecule has 0 spiro atoms. The van der Waals surface area contributed by atoms with Crippen LogP contribution in [0.1, 0.15) is 42.3 Å². The first-order valence-corrected chi connectivity index (χ1v) is 9.10. The van der Waals surface area contributed by atoms with Crippen molar-refractivity contribution in [3.05, 3.63) is 83.6 Å². The van der Waals surface area contributed by atoms with Gasteiger partial charge in [0.15, 0.2) is 0 Å². The van der Waals surface area contributed by atoms with Crippen molar-refractivity contribution in [2.75, 3.05) is 5.32 Å². The van der Waals surface area contributed by atoms with Gasteiger partial charge in [0, 0.05) is 23.0 Å². The van der Waals surface area contributed by atoms with E-state index in [0.29, 0.717) is 16.8 Å². The summed E-state index contributed by atoms with van der Waals surface area (Å²) in [5.41, 5.74) is 1.49. The fourth-order valence-electron chi connectivity index (χ4n) is 2.90. The van der Waals surface area contributed by atoms with Crippen LogP contribution >= 0.6 is 0 Å². The van der Waals surface area contributed by atoms with Crippen molar-refractivity contribution < 1.29 is 18.0 Å². The molecule has 1 heterocycles. The maximum Gasteiger partial charge on any atom is 0.418 e. The van der Waals surface area contributed by atoms with Gasteiger partial charge in [-0.1, -0.05) is 45.0 Å². The van der Waals surface area contributed by atoms with E-state index in [1.807, 2.05) is 12.1 Å². The molecule has 1 amide bonds. The van der Waals surface area contributed by atoms with Crippen LogP contribution in [0.15, 0.2) is 66.9 Å².